The smallest absolute Gasteiger partial charge is 0.274 e. The summed E-state index contributed by atoms with van der Waals surface area (Å²) in [7, 11) is 0. The maximum absolute atomic E-state index is 13.1. The van der Waals surface area contributed by atoms with Crippen LogP contribution in [-0.4, -0.2) is 45.1 Å². The highest BCUT2D eigenvalue weighted by atomic mass is 32.2. The number of benzene rings is 2. The van der Waals surface area contributed by atoms with E-state index in [0.29, 0.717) is 34.9 Å². The van der Waals surface area contributed by atoms with Crippen molar-refractivity contribution in [1.82, 2.24) is 14.9 Å². The summed E-state index contributed by atoms with van der Waals surface area (Å²) in [6.45, 7) is 7.09. The minimum Gasteiger partial charge on any atom is -0.384 e. The first kappa shape index (κ1) is 25.5. The van der Waals surface area contributed by atoms with Gasteiger partial charge < -0.3 is 10.7 Å². The van der Waals surface area contributed by atoms with E-state index in [1.54, 1.807) is 30.0 Å². The first-order chi connectivity index (χ1) is 16.8. The molecule has 0 saturated carbocycles. The van der Waals surface area contributed by atoms with Crippen molar-refractivity contribution in [3.8, 4) is 11.3 Å². The molecule has 1 aromatic heterocycles. The number of rotatable bonds is 8. The maximum Gasteiger partial charge on any atom is 0.274 e. The molecule has 0 amide bonds. The van der Waals surface area contributed by atoms with Crippen LogP contribution in [0.2, 0.25) is 0 Å². The van der Waals surface area contributed by atoms with Crippen molar-refractivity contribution < 1.29 is 0 Å². The Morgan fingerprint density at radius 3 is 2.69 bits per heavy atom. The molecule has 2 heterocycles. The lowest BCUT2D eigenvalue weighted by Gasteiger charge is -2.43. The van der Waals surface area contributed by atoms with E-state index in [4.69, 9.17) is 16.1 Å². The molecule has 3 atom stereocenters. The van der Waals surface area contributed by atoms with Crippen LogP contribution in [0.3, 0.4) is 0 Å². The Kier molecular flexibility index (Phi) is 7.97. The number of aromatic amines is 1. The third kappa shape index (κ3) is 5.46. The molecule has 0 radical (unpaired) electrons. The number of H-pyrrole nitrogens is 1. The molecule has 1 aliphatic heterocycles. The fourth-order valence-corrected chi connectivity index (χ4v) is 6.35. The van der Waals surface area contributed by atoms with Crippen molar-refractivity contribution in [3.05, 3.63) is 57.9 Å². The minimum absolute atomic E-state index is 0.0291. The summed E-state index contributed by atoms with van der Waals surface area (Å²) >= 11 is 1.71. The Morgan fingerprint density at radius 1 is 1.26 bits per heavy atom. The van der Waals surface area contributed by atoms with Gasteiger partial charge in [-0.1, -0.05) is 24.6 Å². The summed E-state index contributed by atoms with van der Waals surface area (Å²) in [6.07, 6.45) is 9.10. The van der Waals surface area contributed by atoms with Gasteiger partial charge in [-0.2, -0.15) is 0 Å². The summed E-state index contributed by atoms with van der Waals surface area (Å²) < 4.78 is 0. The summed E-state index contributed by atoms with van der Waals surface area (Å²) in [6, 6.07) is 13.1. The number of nitrogens with zero attached hydrogens (tertiary/aromatic N) is 2. The SMILES string of the molecule is CSc1ccc2nc(-c3cccc(C(=N)N)c3)c(=O)[nH]c2c1CCCC(C)N1C(C)CCCC1C. The summed E-state index contributed by atoms with van der Waals surface area (Å²) in [4.78, 5) is 24.9. The van der Waals surface area contributed by atoms with E-state index in [1.807, 2.05) is 12.1 Å². The predicted molar refractivity (Wildman–Crippen MR) is 148 cm³/mol. The van der Waals surface area contributed by atoms with Gasteiger partial charge in [0.25, 0.3) is 5.56 Å². The van der Waals surface area contributed by atoms with Crippen LogP contribution < -0.4 is 11.3 Å². The van der Waals surface area contributed by atoms with Crippen LogP contribution in [0.25, 0.3) is 22.3 Å². The first-order valence-electron chi connectivity index (χ1n) is 12.6. The number of fused-ring (bicyclic) bond motifs is 1. The zero-order chi connectivity index (χ0) is 25.1. The van der Waals surface area contributed by atoms with Crippen LogP contribution in [0.15, 0.2) is 46.1 Å². The second-order valence-electron chi connectivity index (χ2n) is 9.87. The second kappa shape index (κ2) is 11.0. The second-order valence-corrected chi connectivity index (χ2v) is 10.7. The number of likely N-dealkylation sites (tertiary alicyclic amines) is 1. The number of aromatic nitrogens is 2. The molecule has 7 heteroatoms. The van der Waals surface area contributed by atoms with Crippen LogP contribution in [-0.2, 0) is 6.42 Å². The lowest BCUT2D eigenvalue weighted by atomic mass is 9.93. The van der Waals surface area contributed by atoms with Gasteiger partial charge in [-0.05, 0) is 82.9 Å². The van der Waals surface area contributed by atoms with E-state index in [-0.39, 0.29) is 11.4 Å². The number of aryl methyl sites for hydroxylation is 1. The molecule has 3 aromatic rings. The molecule has 4 rings (SSSR count). The monoisotopic (exact) mass is 491 g/mol. The number of piperidine rings is 1. The zero-order valence-corrected chi connectivity index (χ0v) is 22.0. The van der Waals surface area contributed by atoms with Gasteiger partial charge in [0, 0.05) is 34.1 Å². The quantitative estimate of drug-likeness (QED) is 0.217. The summed E-state index contributed by atoms with van der Waals surface area (Å²) in [5.74, 6) is -0.0291. The van der Waals surface area contributed by atoms with Gasteiger partial charge in [-0.15, -0.1) is 11.8 Å². The van der Waals surface area contributed by atoms with Gasteiger partial charge in [-0.25, -0.2) is 4.98 Å². The molecular weight excluding hydrogens is 454 g/mol. The number of amidine groups is 1. The predicted octanol–water partition coefficient (Wildman–Crippen LogP) is 5.57. The fourth-order valence-electron chi connectivity index (χ4n) is 5.70. The van der Waals surface area contributed by atoms with E-state index in [1.165, 1.54) is 29.7 Å². The van der Waals surface area contributed by atoms with E-state index in [9.17, 15) is 4.79 Å². The highest BCUT2D eigenvalue weighted by Gasteiger charge is 2.28. The maximum atomic E-state index is 13.1. The summed E-state index contributed by atoms with van der Waals surface area (Å²) in [5, 5.41) is 7.70. The third-order valence-corrected chi connectivity index (χ3v) is 8.24. The van der Waals surface area contributed by atoms with Gasteiger partial charge in [0.2, 0.25) is 0 Å². The Hall–Kier alpha value is -2.64. The van der Waals surface area contributed by atoms with Crippen molar-refractivity contribution in [1.29, 1.82) is 5.41 Å². The topological polar surface area (TPSA) is 98.9 Å². The number of nitrogen functional groups attached to an aromatic ring is 1. The molecule has 2 aromatic carbocycles. The molecule has 3 unspecified atom stereocenters. The van der Waals surface area contributed by atoms with Crippen molar-refractivity contribution in [2.45, 2.75) is 82.3 Å². The van der Waals surface area contributed by atoms with Crippen LogP contribution in [0, 0.1) is 5.41 Å². The molecular formula is C28H37N5OS. The highest BCUT2D eigenvalue weighted by Crippen LogP contribution is 2.30. The molecule has 186 valence electrons. The zero-order valence-electron chi connectivity index (χ0n) is 21.2. The van der Waals surface area contributed by atoms with Crippen LogP contribution in [0.5, 0.6) is 0 Å². The molecule has 0 bridgehead atoms. The average molecular weight is 492 g/mol. The molecule has 6 nitrogen and oxygen atoms in total. The number of nitrogens with one attached hydrogen (secondary N) is 2. The number of hydrogen-bond donors (Lipinski definition) is 3. The van der Waals surface area contributed by atoms with Crippen molar-refractivity contribution >= 4 is 28.6 Å². The van der Waals surface area contributed by atoms with Crippen LogP contribution in [0.4, 0.5) is 0 Å². The average Bonchev–Trinajstić information content (AvgIpc) is 2.83. The lowest BCUT2D eigenvalue weighted by molar-refractivity contribution is 0.0580. The highest BCUT2D eigenvalue weighted by molar-refractivity contribution is 7.98. The first-order valence-corrected chi connectivity index (χ1v) is 13.8. The Balaban J connectivity index is 1.60. The number of nitrogens with two attached hydrogens (primary N) is 1. The van der Waals surface area contributed by atoms with Crippen molar-refractivity contribution in [2.24, 2.45) is 5.73 Å². The Labute approximate surface area is 212 Å². The van der Waals surface area contributed by atoms with Gasteiger partial charge in [-0.3, -0.25) is 15.1 Å². The molecule has 1 aliphatic rings. The molecule has 0 spiro atoms. The normalized spacial score (nSPS) is 19.7. The van der Waals surface area contributed by atoms with Gasteiger partial charge in [0.1, 0.15) is 11.5 Å². The van der Waals surface area contributed by atoms with Gasteiger partial charge >= 0.3 is 0 Å². The Bertz CT molecular complexity index is 1260. The van der Waals surface area contributed by atoms with E-state index >= 15 is 0 Å². The molecule has 1 fully saturated rings. The Morgan fingerprint density at radius 2 is 2.00 bits per heavy atom. The molecule has 0 aliphatic carbocycles. The minimum atomic E-state index is -0.220. The molecule has 4 N–H and O–H groups in total. The largest absolute Gasteiger partial charge is 0.384 e. The number of hydrogen-bond acceptors (Lipinski definition) is 5. The van der Waals surface area contributed by atoms with E-state index in [0.717, 1.165) is 30.3 Å². The third-order valence-electron chi connectivity index (χ3n) is 7.42. The number of thioether (sulfide) groups is 1. The van der Waals surface area contributed by atoms with E-state index in [2.05, 4.69) is 43.0 Å². The summed E-state index contributed by atoms with van der Waals surface area (Å²) in [5.41, 5.74) is 9.81. The van der Waals surface area contributed by atoms with Crippen LogP contribution >= 0.6 is 11.8 Å². The van der Waals surface area contributed by atoms with Gasteiger partial charge in [0.05, 0.1) is 11.0 Å². The molecule has 1 saturated heterocycles. The standard InChI is InChI=1S/C28H37N5OS/c1-17-8-5-9-18(2)33(17)19(3)10-6-13-22-24(35-4)15-14-23-26(22)32-28(34)25(31-23)20-11-7-12-21(16-20)27(29)30/h7,11-12,14-19H,5-6,8-10,13H2,1-4H3,(H3,29,30)(H,32,34). The van der Waals surface area contributed by atoms with E-state index < -0.39 is 0 Å². The fraction of sp³-hybridized carbons (Fsp3) is 0.464. The van der Waals surface area contributed by atoms with Crippen molar-refractivity contribution in [3.63, 3.8) is 0 Å². The lowest BCUT2D eigenvalue weighted by Crippen LogP contribution is -2.48. The van der Waals surface area contributed by atoms with Gasteiger partial charge in [0.15, 0.2) is 0 Å². The van der Waals surface area contributed by atoms with Crippen LogP contribution in [0.1, 0.15) is 64.0 Å². The van der Waals surface area contributed by atoms with Crippen molar-refractivity contribution in [2.75, 3.05) is 6.26 Å². The molecule has 35 heavy (non-hydrogen) atoms.